The first-order chi connectivity index (χ1) is 10.7. The van der Waals surface area contributed by atoms with Crippen molar-refractivity contribution in [3.8, 4) is 23.1 Å². The van der Waals surface area contributed by atoms with Crippen molar-refractivity contribution in [3.05, 3.63) is 48.3 Å². The quantitative estimate of drug-likeness (QED) is 0.771. The summed E-state index contributed by atoms with van der Waals surface area (Å²) in [5, 5.41) is 2.64. The third-order valence-corrected chi connectivity index (χ3v) is 3.06. The van der Waals surface area contributed by atoms with Gasteiger partial charge >= 0.3 is 12.1 Å². The maximum absolute atomic E-state index is 11.7. The number of H-pyrrole nitrogens is 1. The van der Waals surface area contributed by atoms with E-state index in [1.165, 1.54) is 0 Å². The summed E-state index contributed by atoms with van der Waals surface area (Å²) in [6.45, 7) is 0.347. The van der Waals surface area contributed by atoms with Gasteiger partial charge < -0.3 is 14.8 Å². The maximum atomic E-state index is 11.7. The molecule has 2 aliphatic heterocycles. The number of benzene rings is 1. The molecule has 1 aromatic rings. The van der Waals surface area contributed by atoms with E-state index in [0.717, 1.165) is 16.9 Å². The number of methoxy groups -OCH3 is 1. The van der Waals surface area contributed by atoms with E-state index in [2.05, 4.69) is 20.3 Å². The SMILES string of the molecule is COc1ccc(CNC(=O)Oc2ncc3ccnc-3[nH]2)cc1. The van der Waals surface area contributed by atoms with E-state index < -0.39 is 6.09 Å². The molecule has 0 fully saturated rings. The monoisotopic (exact) mass is 298 g/mol. The zero-order valence-electron chi connectivity index (χ0n) is 11.9. The molecule has 0 spiro atoms. The van der Waals surface area contributed by atoms with Gasteiger partial charge in [-0.05, 0) is 23.8 Å². The molecular formula is C15H14N4O3. The predicted octanol–water partition coefficient (Wildman–Crippen LogP) is 2.21. The van der Waals surface area contributed by atoms with Gasteiger partial charge in [0.05, 0.1) is 7.11 Å². The Morgan fingerprint density at radius 3 is 2.82 bits per heavy atom. The van der Waals surface area contributed by atoms with E-state index in [9.17, 15) is 4.79 Å². The molecule has 112 valence electrons. The molecule has 0 unspecified atom stereocenters. The van der Waals surface area contributed by atoms with Crippen LogP contribution in [-0.2, 0) is 6.54 Å². The molecular weight excluding hydrogens is 284 g/mol. The smallest absolute Gasteiger partial charge is 0.415 e. The molecule has 1 aromatic carbocycles. The van der Waals surface area contributed by atoms with Crippen molar-refractivity contribution < 1.29 is 14.3 Å². The van der Waals surface area contributed by atoms with Gasteiger partial charge in [-0.2, -0.15) is 0 Å². The second-order valence-electron chi connectivity index (χ2n) is 4.53. The second kappa shape index (κ2) is 6.13. The van der Waals surface area contributed by atoms with Gasteiger partial charge in [-0.1, -0.05) is 12.1 Å². The van der Waals surface area contributed by atoms with Crippen LogP contribution in [0.4, 0.5) is 4.79 Å². The van der Waals surface area contributed by atoms with Gasteiger partial charge in [-0.25, -0.2) is 14.8 Å². The molecule has 0 saturated heterocycles. The Kier molecular flexibility index (Phi) is 3.86. The fraction of sp³-hybridized carbons (Fsp3) is 0.133. The molecule has 1 amide bonds. The molecule has 2 heterocycles. The zero-order valence-corrected chi connectivity index (χ0v) is 11.9. The van der Waals surface area contributed by atoms with Crippen LogP contribution in [0.15, 0.2) is 42.7 Å². The Bertz CT molecular complexity index is 739. The maximum Gasteiger partial charge on any atom is 0.415 e. The highest BCUT2D eigenvalue weighted by Gasteiger charge is 2.10. The molecule has 0 bridgehead atoms. The molecule has 3 rings (SSSR count). The van der Waals surface area contributed by atoms with Gasteiger partial charge in [0.25, 0.3) is 0 Å². The normalized spacial score (nSPS) is 10.4. The lowest BCUT2D eigenvalue weighted by Gasteiger charge is -2.07. The molecule has 0 radical (unpaired) electrons. The van der Waals surface area contributed by atoms with E-state index >= 15 is 0 Å². The van der Waals surface area contributed by atoms with Gasteiger partial charge in [-0.15, -0.1) is 0 Å². The molecule has 0 aliphatic carbocycles. The number of nitrogens with one attached hydrogen (secondary N) is 2. The number of hydrogen-bond donors (Lipinski definition) is 2. The number of aromatic amines is 1. The minimum absolute atomic E-state index is 0.0958. The molecule has 0 aromatic heterocycles. The Balaban J connectivity index is 1.56. The highest BCUT2D eigenvalue weighted by atomic mass is 16.6. The summed E-state index contributed by atoms with van der Waals surface area (Å²) in [5.74, 6) is 1.38. The van der Waals surface area contributed by atoms with Gasteiger partial charge in [0.1, 0.15) is 11.6 Å². The van der Waals surface area contributed by atoms with E-state index in [4.69, 9.17) is 9.47 Å². The number of rotatable bonds is 4. The number of nitrogens with zero attached hydrogens (tertiary/aromatic N) is 2. The largest absolute Gasteiger partial charge is 0.497 e. The summed E-state index contributed by atoms with van der Waals surface area (Å²) in [6, 6.07) is 9.29. The fourth-order valence-corrected chi connectivity index (χ4v) is 1.91. The number of carbonyl (C=O) groups excluding carboxylic acids is 1. The summed E-state index contributed by atoms with van der Waals surface area (Å²) in [4.78, 5) is 22.7. The first-order valence-electron chi connectivity index (χ1n) is 6.63. The van der Waals surface area contributed by atoms with Crippen molar-refractivity contribution in [1.82, 2.24) is 20.3 Å². The number of amides is 1. The predicted molar refractivity (Wildman–Crippen MR) is 78.9 cm³/mol. The van der Waals surface area contributed by atoms with Crippen molar-refractivity contribution in [2.45, 2.75) is 6.54 Å². The van der Waals surface area contributed by atoms with E-state index in [1.807, 2.05) is 30.3 Å². The summed E-state index contributed by atoms with van der Waals surface area (Å²) < 4.78 is 10.1. The number of carbonyl (C=O) groups is 1. The van der Waals surface area contributed by atoms with Crippen molar-refractivity contribution in [3.63, 3.8) is 0 Å². The zero-order chi connectivity index (χ0) is 15.4. The second-order valence-corrected chi connectivity index (χ2v) is 4.53. The Morgan fingerprint density at radius 1 is 1.23 bits per heavy atom. The van der Waals surface area contributed by atoms with Crippen LogP contribution < -0.4 is 14.8 Å². The van der Waals surface area contributed by atoms with Crippen LogP contribution in [0.3, 0.4) is 0 Å². The molecule has 2 aliphatic rings. The molecule has 0 saturated carbocycles. The lowest BCUT2D eigenvalue weighted by Crippen LogP contribution is -2.27. The third-order valence-electron chi connectivity index (χ3n) is 3.06. The Hall–Kier alpha value is -3.09. The highest BCUT2D eigenvalue weighted by Crippen LogP contribution is 2.18. The van der Waals surface area contributed by atoms with E-state index in [-0.39, 0.29) is 6.01 Å². The minimum atomic E-state index is -0.592. The lowest BCUT2D eigenvalue weighted by molar-refractivity contribution is 0.196. The fourth-order valence-electron chi connectivity index (χ4n) is 1.91. The number of aromatic nitrogens is 3. The van der Waals surface area contributed by atoms with Crippen LogP contribution in [0.2, 0.25) is 0 Å². The van der Waals surface area contributed by atoms with Crippen molar-refractivity contribution in [1.29, 1.82) is 0 Å². The van der Waals surface area contributed by atoms with E-state index in [0.29, 0.717) is 12.4 Å². The molecule has 7 nitrogen and oxygen atoms in total. The number of hydrogen-bond acceptors (Lipinski definition) is 5. The van der Waals surface area contributed by atoms with Crippen LogP contribution in [0.5, 0.6) is 11.8 Å². The first-order valence-corrected chi connectivity index (χ1v) is 6.63. The van der Waals surface area contributed by atoms with Crippen LogP contribution in [0, 0.1) is 0 Å². The van der Waals surface area contributed by atoms with Gasteiger partial charge in [0.15, 0.2) is 0 Å². The molecule has 0 atom stereocenters. The summed E-state index contributed by atoms with van der Waals surface area (Å²) >= 11 is 0. The summed E-state index contributed by atoms with van der Waals surface area (Å²) in [5.41, 5.74) is 1.79. The standard InChI is InChI=1S/C15H14N4O3/c1-21-12-4-2-10(3-5-12)8-18-15(20)22-14-17-9-11-6-7-16-13(11)19-14/h2-7,9H,8H2,1H3,(H,18,20)(H,16,17,19). The van der Waals surface area contributed by atoms with Crippen LogP contribution >= 0.6 is 0 Å². The van der Waals surface area contributed by atoms with Crippen LogP contribution in [-0.4, -0.2) is 28.2 Å². The topological polar surface area (TPSA) is 89.1 Å². The van der Waals surface area contributed by atoms with Gasteiger partial charge in [0.2, 0.25) is 0 Å². The minimum Gasteiger partial charge on any atom is -0.497 e. The highest BCUT2D eigenvalue weighted by molar-refractivity contribution is 5.69. The van der Waals surface area contributed by atoms with Crippen LogP contribution in [0.25, 0.3) is 11.4 Å². The van der Waals surface area contributed by atoms with Crippen LogP contribution in [0.1, 0.15) is 5.56 Å². The average Bonchev–Trinajstić information content (AvgIpc) is 3.01. The molecule has 2 N–H and O–H groups in total. The molecule has 7 heteroatoms. The van der Waals surface area contributed by atoms with Gasteiger partial charge in [-0.3, -0.25) is 4.98 Å². The summed E-state index contributed by atoms with van der Waals surface area (Å²) in [6.07, 6.45) is 2.65. The van der Waals surface area contributed by atoms with Gasteiger partial charge in [0, 0.05) is 24.5 Å². The Morgan fingerprint density at radius 2 is 2.05 bits per heavy atom. The Labute approximate surface area is 126 Å². The van der Waals surface area contributed by atoms with E-state index in [1.54, 1.807) is 19.5 Å². The van der Waals surface area contributed by atoms with Crippen molar-refractivity contribution >= 4 is 6.09 Å². The lowest BCUT2D eigenvalue weighted by atomic mass is 10.2. The van der Waals surface area contributed by atoms with Crippen molar-refractivity contribution in [2.75, 3.05) is 7.11 Å². The average molecular weight is 298 g/mol. The molecule has 22 heavy (non-hydrogen) atoms. The first kappa shape index (κ1) is 13.9. The van der Waals surface area contributed by atoms with Crippen molar-refractivity contribution in [2.24, 2.45) is 0 Å². The third kappa shape index (κ3) is 3.14. The number of ether oxygens (including phenoxy) is 2. The summed E-state index contributed by atoms with van der Waals surface area (Å²) in [7, 11) is 1.60. The number of fused-ring (bicyclic) bond motifs is 1.